The third-order valence-electron chi connectivity index (χ3n) is 3.51. The van der Waals surface area contributed by atoms with Crippen LogP contribution in [0, 0.1) is 0 Å². The van der Waals surface area contributed by atoms with E-state index in [1.807, 2.05) is 12.1 Å². The van der Waals surface area contributed by atoms with Crippen molar-refractivity contribution >= 4 is 5.91 Å². The van der Waals surface area contributed by atoms with Gasteiger partial charge in [-0.15, -0.1) is 0 Å². The summed E-state index contributed by atoms with van der Waals surface area (Å²) in [7, 11) is 6.19. The van der Waals surface area contributed by atoms with Crippen LogP contribution in [0.25, 0.3) is 0 Å². The number of methoxy groups -OCH3 is 4. The Hall–Kier alpha value is -2.89. The molecule has 0 unspecified atom stereocenters. The standard InChI is InChI=1S/C18H21NO5/c1-21-13-8-12(9-14(10-13)22-2)11-19-18(20)15-6-5-7-16(23-3)17(15)24-4/h5-10H,11H2,1-4H3,(H,19,20). The number of hydrogen-bond donors (Lipinski definition) is 1. The topological polar surface area (TPSA) is 66.0 Å². The number of benzene rings is 2. The molecule has 2 rings (SSSR count). The summed E-state index contributed by atoms with van der Waals surface area (Å²) in [6.07, 6.45) is 0. The Morgan fingerprint density at radius 3 is 2.12 bits per heavy atom. The maximum absolute atomic E-state index is 12.5. The molecule has 1 amide bonds. The Bertz CT molecular complexity index is 692. The molecular weight excluding hydrogens is 310 g/mol. The number of ether oxygens (including phenoxy) is 4. The van der Waals surface area contributed by atoms with Crippen LogP contribution < -0.4 is 24.3 Å². The second-order valence-corrected chi connectivity index (χ2v) is 4.94. The highest BCUT2D eigenvalue weighted by Gasteiger charge is 2.16. The molecule has 0 aliphatic heterocycles. The van der Waals surface area contributed by atoms with E-state index in [2.05, 4.69) is 5.32 Å². The minimum Gasteiger partial charge on any atom is -0.497 e. The maximum Gasteiger partial charge on any atom is 0.255 e. The smallest absolute Gasteiger partial charge is 0.255 e. The number of amides is 1. The van der Waals surface area contributed by atoms with Crippen LogP contribution in [0.1, 0.15) is 15.9 Å². The van der Waals surface area contributed by atoms with Gasteiger partial charge in [-0.2, -0.15) is 0 Å². The molecule has 0 atom stereocenters. The first kappa shape index (κ1) is 17.5. The van der Waals surface area contributed by atoms with Crippen molar-refractivity contribution in [3.63, 3.8) is 0 Å². The molecule has 0 aliphatic rings. The highest BCUT2D eigenvalue weighted by molar-refractivity contribution is 5.97. The molecule has 0 radical (unpaired) electrons. The van der Waals surface area contributed by atoms with Gasteiger partial charge in [-0.05, 0) is 29.8 Å². The van der Waals surface area contributed by atoms with Gasteiger partial charge in [-0.1, -0.05) is 6.07 Å². The molecule has 0 saturated carbocycles. The quantitative estimate of drug-likeness (QED) is 0.845. The van der Waals surface area contributed by atoms with Crippen LogP contribution in [0.4, 0.5) is 0 Å². The van der Waals surface area contributed by atoms with E-state index < -0.39 is 0 Å². The molecule has 0 fully saturated rings. The Balaban J connectivity index is 2.17. The van der Waals surface area contributed by atoms with Crippen molar-refractivity contribution in [3.05, 3.63) is 47.5 Å². The predicted molar refractivity (Wildman–Crippen MR) is 90.3 cm³/mol. The number of para-hydroxylation sites is 1. The second-order valence-electron chi connectivity index (χ2n) is 4.94. The molecule has 0 aromatic heterocycles. The average molecular weight is 331 g/mol. The molecule has 1 N–H and O–H groups in total. The fourth-order valence-corrected chi connectivity index (χ4v) is 2.31. The third-order valence-corrected chi connectivity index (χ3v) is 3.51. The zero-order valence-electron chi connectivity index (χ0n) is 14.2. The number of carbonyl (C=O) groups is 1. The molecule has 0 saturated heterocycles. The van der Waals surface area contributed by atoms with E-state index in [4.69, 9.17) is 18.9 Å². The van der Waals surface area contributed by atoms with Crippen LogP contribution in [-0.2, 0) is 6.54 Å². The number of nitrogens with one attached hydrogen (secondary N) is 1. The van der Waals surface area contributed by atoms with Gasteiger partial charge in [0.15, 0.2) is 11.5 Å². The minimum atomic E-state index is -0.257. The van der Waals surface area contributed by atoms with E-state index in [0.29, 0.717) is 35.1 Å². The van der Waals surface area contributed by atoms with E-state index in [1.54, 1.807) is 38.5 Å². The van der Waals surface area contributed by atoms with E-state index >= 15 is 0 Å². The van der Waals surface area contributed by atoms with Crippen molar-refractivity contribution in [3.8, 4) is 23.0 Å². The largest absolute Gasteiger partial charge is 0.497 e. The summed E-state index contributed by atoms with van der Waals surface area (Å²) in [5, 5.41) is 2.86. The predicted octanol–water partition coefficient (Wildman–Crippen LogP) is 2.65. The summed E-state index contributed by atoms with van der Waals surface area (Å²) in [6, 6.07) is 10.6. The summed E-state index contributed by atoms with van der Waals surface area (Å²) in [6.45, 7) is 0.326. The van der Waals surface area contributed by atoms with Crippen molar-refractivity contribution in [1.29, 1.82) is 0 Å². The van der Waals surface area contributed by atoms with Crippen molar-refractivity contribution in [2.75, 3.05) is 28.4 Å². The molecule has 0 spiro atoms. The molecule has 0 bridgehead atoms. The lowest BCUT2D eigenvalue weighted by Gasteiger charge is -2.13. The summed E-state index contributed by atoms with van der Waals surface area (Å²) >= 11 is 0. The lowest BCUT2D eigenvalue weighted by atomic mass is 10.1. The third kappa shape index (κ3) is 3.90. The van der Waals surface area contributed by atoms with Gasteiger partial charge >= 0.3 is 0 Å². The van der Waals surface area contributed by atoms with E-state index in [1.165, 1.54) is 14.2 Å². The number of hydrogen-bond acceptors (Lipinski definition) is 5. The molecule has 0 heterocycles. The van der Waals surface area contributed by atoms with Gasteiger partial charge in [0.2, 0.25) is 0 Å². The molecular formula is C18H21NO5. The fraction of sp³-hybridized carbons (Fsp3) is 0.278. The summed E-state index contributed by atoms with van der Waals surface area (Å²) < 4.78 is 21.0. The van der Waals surface area contributed by atoms with Crippen molar-refractivity contribution in [1.82, 2.24) is 5.32 Å². The van der Waals surface area contributed by atoms with Crippen LogP contribution in [0.3, 0.4) is 0 Å². The van der Waals surface area contributed by atoms with Crippen molar-refractivity contribution in [2.24, 2.45) is 0 Å². The van der Waals surface area contributed by atoms with Crippen molar-refractivity contribution < 1.29 is 23.7 Å². The lowest BCUT2D eigenvalue weighted by molar-refractivity contribution is 0.0947. The lowest BCUT2D eigenvalue weighted by Crippen LogP contribution is -2.23. The fourth-order valence-electron chi connectivity index (χ4n) is 2.31. The van der Waals surface area contributed by atoms with E-state index in [-0.39, 0.29) is 5.91 Å². The summed E-state index contributed by atoms with van der Waals surface area (Å²) in [4.78, 5) is 12.5. The number of rotatable bonds is 7. The van der Waals surface area contributed by atoms with Gasteiger partial charge in [0.25, 0.3) is 5.91 Å². The SMILES string of the molecule is COc1cc(CNC(=O)c2cccc(OC)c2OC)cc(OC)c1. The average Bonchev–Trinajstić information content (AvgIpc) is 2.64. The number of carbonyl (C=O) groups excluding carboxylic acids is 1. The Kier molecular flexibility index (Phi) is 5.89. The summed E-state index contributed by atoms with van der Waals surface area (Å²) in [5.74, 6) is 1.98. The van der Waals surface area contributed by atoms with Gasteiger partial charge in [0, 0.05) is 12.6 Å². The molecule has 6 heteroatoms. The zero-order valence-corrected chi connectivity index (χ0v) is 14.2. The van der Waals surface area contributed by atoms with Gasteiger partial charge < -0.3 is 24.3 Å². The monoisotopic (exact) mass is 331 g/mol. The van der Waals surface area contributed by atoms with Gasteiger partial charge in [-0.3, -0.25) is 4.79 Å². The minimum absolute atomic E-state index is 0.257. The normalized spacial score (nSPS) is 10.0. The van der Waals surface area contributed by atoms with Gasteiger partial charge in [0.1, 0.15) is 11.5 Å². The zero-order chi connectivity index (χ0) is 17.5. The first-order valence-corrected chi connectivity index (χ1v) is 7.34. The second kappa shape index (κ2) is 8.10. The molecule has 0 aliphatic carbocycles. The van der Waals surface area contributed by atoms with E-state index in [0.717, 1.165) is 5.56 Å². The first-order chi connectivity index (χ1) is 11.6. The van der Waals surface area contributed by atoms with Gasteiger partial charge in [-0.25, -0.2) is 0 Å². The highest BCUT2D eigenvalue weighted by Crippen LogP contribution is 2.30. The van der Waals surface area contributed by atoms with Crippen LogP contribution in [0.2, 0.25) is 0 Å². The Labute approximate surface area is 141 Å². The van der Waals surface area contributed by atoms with Crippen LogP contribution in [0.5, 0.6) is 23.0 Å². The highest BCUT2D eigenvalue weighted by atomic mass is 16.5. The molecule has 24 heavy (non-hydrogen) atoms. The van der Waals surface area contributed by atoms with Gasteiger partial charge in [0.05, 0.1) is 34.0 Å². The Morgan fingerprint density at radius 1 is 0.917 bits per heavy atom. The first-order valence-electron chi connectivity index (χ1n) is 7.34. The molecule has 128 valence electrons. The maximum atomic E-state index is 12.5. The molecule has 2 aromatic carbocycles. The summed E-state index contributed by atoms with van der Waals surface area (Å²) in [5.41, 5.74) is 1.27. The van der Waals surface area contributed by atoms with Crippen molar-refractivity contribution in [2.45, 2.75) is 6.54 Å². The van der Waals surface area contributed by atoms with Crippen LogP contribution >= 0.6 is 0 Å². The Morgan fingerprint density at radius 2 is 1.58 bits per heavy atom. The van der Waals surface area contributed by atoms with Crippen LogP contribution in [0.15, 0.2) is 36.4 Å². The molecule has 2 aromatic rings. The van der Waals surface area contributed by atoms with Crippen LogP contribution in [-0.4, -0.2) is 34.3 Å². The van der Waals surface area contributed by atoms with E-state index in [9.17, 15) is 4.79 Å². The molecule has 6 nitrogen and oxygen atoms in total.